The fraction of sp³-hybridized carbons (Fsp3) is 0.533. The summed E-state index contributed by atoms with van der Waals surface area (Å²) in [5.41, 5.74) is 6.35. The highest BCUT2D eigenvalue weighted by atomic mass is 19.1. The first-order valence-corrected chi connectivity index (χ1v) is 6.77. The van der Waals surface area contributed by atoms with Crippen molar-refractivity contribution in [1.82, 2.24) is 0 Å². The summed E-state index contributed by atoms with van der Waals surface area (Å²) in [5.74, 6) is -0.255. The minimum absolute atomic E-state index is 0.207. The lowest BCUT2D eigenvalue weighted by molar-refractivity contribution is -0.122. The number of hydrogen-bond donors (Lipinski definition) is 2. The summed E-state index contributed by atoms with van der Waals surface area (Å²) in [6.07, 6.45) is 3.37. The van der Waals surface area contributed by atoms with Gasteiger partial charge in [0.1, 0.15) is 5.82 Å². The predicted octanol–water partition coefficient (Wildman–Crippen LogP) is 2.98. The van der Waals surface area contributed by atoms with Crippen LogP contribution in [-0.4, -0.2) is 11.4 Å². The number of carbonyl (C=O) groups is 1. The summed E-state index contributed by atoms with van der Waals surface area (Å²) in [7, 11) is 0. The zero-order valence-electron chi connectivity index (χ0n) is 11.5. The number of hydrogen-bond acceptors (Lipinski definition) is 2. The van der Waals surface area contributed by atoms with Gasteiger partial charge in [0.25, 0.3) is 0 Å². The van der Waals surface area contributed by atoms with E-state index in [-0.39, 0.29) is 11.6 Å². The van der Waals surface area contributed by atoms with Crippen LogP contribution in [0.2, 0.25) is 0 Å². The van der Waals surface area contributed by atoms with E-state index in [1.54, 1.807) is 12.1 Å². The Balaban J connectivity index is 2.12. The largest absolute Gasteiger partial charge is 0.322 e. The number of nitrogens with one attached hydrogen (secondary N) is 1. The van der Waals surface area contributed by atoms with Crippen LogP contribution in [0.25, 0.3) is 0 Å². The third-order valence-electron chi connectivity index (χ3n) is 3.86. The first-order valence-electron chi connectivity index (χ1n) is 6.77. The van der Waals surface area contributed by atoms with Gasteiger partial charge in [-0.05, 0) is 43.4 Å². The van der Waals surface area contributed by atoms with Crippen LogP contribution in [0.1, 0.15) is 38.2 Å². The first kappa shape index (κ1) is 14.0. The third-order valence-corrected chi connectivity index (χ3v) is 3.86. The molecular weight excluding hydrogens is 243 g/mol. The summed E-state index contributed by atoms with van der Waals surface area (Å²) in [5, 5.41) is 2.63. The highest BCUT2D eigenvalue weighted by Gasteiger charge is 2.38. The molecule has 2 unspecified atom stereocenters. The van der Waals surface area contributed by atoms with E-state index >= 15 is 0 Å². The van der Waals surface area contributed by atoms with Gasteiger partial charge in [-0.15, -0.1) is 0 Å². The number of halogens is 1. The standard InChI is InChI=1S/C15H21FN2O/c1-10-5-6-13(12(16)8-10)18-14(19)15(17)7-3-4-11(2)9-15/h5-6,8,11H,3-4,7,9,17H2,1-2H3,(H,18,19). The molecule has 0 aromatic heterocycles. The van der Waals surface area contributed by atoms with Crippen molar-refractivity contribution in [1.29, 1.82) is 0 Å². The summed E-state index contributed by atoms with van der Waals surface area (Å²) in [4.78, 5) is 12.3. The number of rotatable bonds is 2. The van der Waals surface area contributed by atoms with Crippen LogP contribution < -0.4 is 11.1 Å². The number of anilines is 1. The maximum atomic E-state index is 13.7. The Bertz CT molecular complexity index is 489. The van der Waals surface area contributed by atoms with Gasteiger partial charge in [0, 0.05) is 0 Å². The highest BCUT2D eigenvalue weighted by Crippen LogP contribution is 2.31. The van der Waals surface area contributed by atoms with Gasteiger partial charge in [-0.25, -0.2) is 4.39 Å². The van der Waals surface area contributed by atoms with Gasteiger partial charge in [0.05, 0.1) is 11.2 Å². The molecule has 104 valence electrons. The lowest BCUT2D eigenvalue weighted by Crippen LogP contribution is -2.53. The Morgan fingerprint density at radius 2 is 2.26 bits per heavy atom. The lowest BCUT2D eigenvalue weighted by atomic mass is 9.76. The fourth-order valence-electron chi connectivity index (χ4n) is 2.77. The van der Waals surface area contributed by atoms with E-state index in [2.05, 4.69) is 12.2 Å². The highest BCUT2D eigenvalue weighted by molar-refractivity contribution is 5.98. The van der Waals surface area contributed by atoms with E-state index < -0.39 is 11.4 Å². The van der Waals surface area contributed by atoms with Gasteiger partial charge in [-0.3, -0.25) is 4.79 Å². The summed E-state index contributed by atoms with van der Waals surface area (Å²) >= 11 is 0. The van der Waals surface area contributed by atoms with Gasteiger partial charge < -0.3 is 11.1 Å². The number of nitrogens with two attached hydrogens (primary N) is 1. The van der Waals surface area contributed by atoms with E-state index in [1.165, 1.54) is 6.07 Å². The molecule has 19 heavy (non-hydrogen) atoms. The monoisotopic (exact) mass is 264 g/mol. The predicted molar refractivity (Wildman–Crippen MR) is 74.3 cm³/mol. The zero-order valence-corrected chi connectivity index (χ0v) is 11.5. The topological polar surface area (TPSA) is 55.1 Å². The average Bonchev–Trinajstić information content (AvgIpc) is 2.32. The second kappa shape index (κ2) is 5.29. The smallest absolute Gasteiger partial charge is 0.244 e. The van der Waals surface area contributed by atoms with Gasteiger partial charge in [0.15, 0.2) is 0 Å². The molecule has 2 atom stereocenters. The SMILES string of the molecule is Cc1ccc(NC(=O)C2(N)CCCC(C)C2)c(F)c1. The molecule has 0 bridgehead atoms. The van der Waals surface area contributed by atoms with Gasteiger partial charge >= 0.3 is 0 Å². The molecule has 4 heteroatoms. The van der Waals surface area contributed by atoms with E-state index in [0.717, 1.165) is 18.4 Å². The van der Waals surface area contributed by atoms with Gasteiger partial charge in [0.2, 0.25) is 5.91 Å². The fourth-order valence-corrected chi connectivity index (χ4v) is 2.77. The molecule has 1 amide bonds. The van der Waals surface area contributed by atoms with Crippen LogP contribution in [0.15, 0.2) is 18.2 Å². The van der Waals surface area contributed by atoms with Crippen molar-refractivity contribution in [3.8, 4) is 0 Å². The van der Waals surface area contributed by atoms with Crippen molar-refractivity contribution >= 4 is 11.6 Å². The molecule has 0 saturated heterocycles. The Morgan fingerprint density at radius 1 is 1.53 bits per heavy atom. The normalized spacial score (nSPS) is 27.1. The van der Waals surface area contributed by atoms with E-state index in [4.69, 9.17) is 5.73 Å². The minimum Gasteiger partial charge on any atom is -0.322 e. The van der Waals surface area contributed by atoms with Crippen molar-refractivity contribution in [2.45, 2.75) is 45.1 Å². The Morgan fingerprint density at radius 3 is 2.89 bits per heavy atom. The number of aryl methyl sites for hydroxylation is 1. The van der Waals surface area contributed by atoms with Crippen molar-refractivity contribution in [3.63, 3.8) is 0 Å². The summed E-state index contributed by atoms with van der Waals surface area (Å²) in [6.45, 7) is 3.91. The molecule has 1 fully saturated rings. The quantitative estimate of drug-likeness (QED) is 0.862. The maximum Gasteiger partial charge on any atom is 0.244 e. The third kappa shape index (κ3) is 3.13. The van der Waals surface area contributed by atoms with Gasteiger partial charge in [-0.2, -0.15) is 0 Å². The van der Waals surface area contributed by atoms with Crippen molar-refractivity contribution in [2.75, 3.05) is 5.32 Å². The molecule has 1 aromatic rings. The number of amides is 1. The van der Waals surface area contributed by atoms with Crippen LogP contribution in [0, 0.1) is 18.7 Å². The minimum atomic E-state index is -0.866. The maximum absolute atomic E-state index is 13.7. The Labute approximate surface area is 113 Å². The Hall–Kier alpha value is -1.42. The molecule has 0 radical (unpaired) electrons. The second-order valence-electron chi connectivity index (χ2n) is 5.80. The van der Waals surface area contributed by atoms with Crippen molar-refractivity contribution in [3.05, 3.63) is 29.6 Å². The number of carbonyl (C=O) groups excluding carboxylic acids is 1. The molecule has 0 spiro atoms. The zero-order chi connectivity index (χ0) is 14.0. The van der Waals surface area contributed by atoms with Crippen molar-refractivity contribution < 1.29 is 9.18 Å². The summed E-state index contributed by atoms with van der Waals surface area (Å²) in [6, 6.07) is 4.76. The molecular formula is C15H21FN2O. The summed E-state index contributed by atoms with van der Waals surface area (Å²) < 4.78 is 13.7. The molecule has 3 nitrogen and oxygen atoms in total. The van der Waals surface area contributed by atoms with Crippen molar-refractivity contribution in [2.24, 2.45) is 11.7 Å². The molecule has 3 N–H and O–H groups in total. The molecule has 1 aliphatic rings. The average molecular weight is 264 g/mol. The van der Waals surface area contributed by atoms with E-state index in [1.807, 2.05) is 6.92 Å². The number of benzene rings is 1. The molecule has 0 aliphatic heterocycles. The molecule has 2 rings (SSSR count). The van der Waals surface area contributed by atoms with Crippen LogP contribution in [0.3, 0.4) is 0 Å². The molecule has 1 aromatic carbocycles. The second-order valence-corrected chi connectivity index (χ2v) is 5.80. The van der Waals surface area contributed by atoms with E-state index in [9.17, 15) is 9.18 Å². The molecule has 0 heterocycles. The van der Waals surface area contributed by atoms with E-state index in [0.29, 0.717) is 18.8 Å². The lowest BCUT2D eigenvalue weighted by Gasteiger charge is -2.35. The molecule has 1 aliphatic carbocycles. The van der Waals surface area contributed by atoms with Crippen LogP contribution >= 0.6 is 0 Å². The van der Waals surface area contributed by atoms with Crippen LogP contribution in [-0.2, 0) is 4.79 Å². The molecule has 1 saturated carbocycles. The van der Waals surface area contributed by atoms with Crippen LogP contribution in [0.4, 0.5) is 10.1 Å². The Kier molecular flexibility index (Phi) is 3.90. The first-order chi connectivity index (χ1) is 8.90. The van der Waals surface area contributed by atoms with Gasteiger partial charge in [-0.1, -0.05) is 25.8 Å². The van der Waals surface area contributed by atoms with Crippen LogP contribution in [0.5, 0.6) is 0 Å².